The van der Waals surface area contributed by atoms with E-state index < -0.39 is 0 Å². The number of imidazole rings is 1. The van der Waals surface area contributed by atoms with E-state index in [0.29, 0.717) is 52.7 Å². The second-order valence-electron chi connectivity index (χ2n) is 12.4. The first-order chi connectivity index (χ1) is 21.6. The Bertz CT molecular complexity index is 1870. The Morgan fingerprint density at radius 3 is 2.27 bits per heavy atom. The molecule has 0 unspecified atom stereocenters. The summed E-state index contributed by atoms with van der Waals surface area (Å²) < 4.78 is 1.85. The summed E-state index contributed by atoms with van der Waals surface area (Å²) in [6.07, 6.45) is 1.71. The normalized spacial score (nSPS) is 13.6. The summed E-state index contributed by atoms with van der Waals surface area (Å²) in [5.74, 6) is 0.899. The summed E-state index contributed by atoms with van der Waals surface area (Å²) in [6.45, 7) is 11.4. The molecule has 3 heterocycles. The number of piperazine rings is 1. The number of anilines is 3. The van der Waals surface area contributed by atoms with Gasteiger partial charge in [0.15, 0.2) is 22.8 Å². The first kappa shape index (κ1) is 30.0. The minimum absolute atomic E-state index is 0.00996. The number of hydrogen-bond acceptors (Lipinski definition) is 7. The molecule has 0 aliphatic carbocycles. The summed E-state index contributed by atoms with van der Waals surface area (Å²) in [5.41, 5.74) is 6.81. The SMILES string of the molecule is Cc1c(NC(=O)c2ccc(C(C)(C)C)cc2)cccc1-c1nc(Nc2ccc(C(=O)N3CCNCC3)cc2)c2ncn(C)c2n1. The van der Waals surface area contributed by atoms with Gasteiger partial charge in [0.25, 0.3) is 11.8 Å². The van der Waals surface area contributed by atoms with Crippen LogP contribution in [0.25, 0.3) is 22.6 Å². The van der Waals surface area contributed by atoms with E-state index in [-0.39, 0.29) is 17.2 Å². The van der Waals surface area contributed by atoms with E-state index >= 15 is 0 Å². The van der Waals surface area contributed by atoms with E-state index in [2.05, 4.69) is 41.7 Å². The van der Waals surface area contributed by atoms with Crippen LogP contribution in [0.3, 0.4) is 0 Å². The zero-order valence-corrected chi connectivity index (χ0v) is 26.3. The highest BCUT2D eigenvalue weighted by atomic mass is 16.2. The van der Waals surface area contributed by atoms with Gasteiger partial charge in [-0.3, -0.25) is 9.59 Å². The third-order valence-electron chi connectivity index (χ3n) is 8.19. The first-order valence-electron chi connectivity index (χ1n) is 15.2. The Balaban J connectivity index is 1.27. The standard InChI is InChI=1S/C35H38N8O2/c1-22-27(7-6-8-28(22)39-33(44)23-9-13-25(14-10-23)35(2,3)4)30-40-31(29-32(41-30)42(5)21-37-29)38-26-15-11-24(12-16-26)34(45)43-19-17-36-18-20-43/h6-16,21,36H,17-20H2,1-5H3,(H,39,44)(H,38,40,41). The number of aromatic nitrogens is 4. The Labute approximate surface area is 262 Å². The molecule has 6 rings (SSSR count). The van der Waals surface area contributed by atoms with Gasteiger partial charge in [0.1, 0.15) is 0 Å². The number of rotatable bonds is 6. The fraction of sp³-hybridized carbons (Fsp3) is 0.286. The average Bonchev–Trinajstić information content (AvgIpc) is 3.42. The largest absolute Gasteiger partial charge is 0.338 e. The minimum atomic E-state index is -0.181. The van der Waals surface area contributed by atoms with Crippen molar-refractivity contribution < 1.29 is 9.59 Å². The Kier molecular flexibility index (Phi) is 8.07. The van der Waals surface area contributed by atoms with Gasteiger partial charge in [-0.05, 0) is 65.9 Å². The van der Waals surface area contributed by atoms with E-state index in [1.165, 1.54) is 5.56 Å². The van der Waals surface area contributed by atoms with Crippen LogP contribution >= 0.6 is 0 Å². The van der Waals surface area contributed by atoms with Crippen LogP contribution in [-0.2, 0) is 12.5 Å². The van der Waals surface area contributed by atoms with Crippen LogP contribution < -0.4 is 16.0 Å². The molecule has 0 spiro atoms. The van der Waals surface area contributed by atoms with Crippen molar-refractivity contribution in [2.24, 2.45) is 7.05 Å². The summed E-state index contributed by atoms with van der Waals surface area (Å²) in [7, 11) is 1.89. The number of hydrogen-bond donors (Lipinski definition) is 3. The van der Waals surface area contributed by atoms with Crippen LogP contribution in [0.5, 0.6) is 0 Å². The van der Waals surface area contributed by atoms with E-state index in [1.54, 1.807) is 6.33 Å². The van der Waals surface area contributed by atoms with Gasteiger partial charge in [-0.25, -0.2) is 15.0 Å². The number of carbonyl (C=O) groups excluding carboxylic acids is 2. The monoisotopic (exact) mass is 602 g/mol. The molecule has 0 atom stereocenters. The predicted octanol–water partition coefficient (Wildman–Crippen LogP) is 5.68. The van der Waals surface area contributed by atoms with E-state index in [1.807, 2.05) is 90.2 Å². The second-order valence-corrected chi connectivity index (χ2v) is 12.4. The molecular weight excluding hydrogens is 564 g/mol. The number of benzene rings is 3. The van der Waals surface area contributed by atoms with Crippen LogP contribution in [0.15, 0.2) is 73.1 Å². The number of amides is 2. The quantitative estimate of drug-likeness (QED) is 0.229. The van der Waals surface area contributed by atoms with Crippen LogP contribution in [0, 0.1) is 6.92 Å². The van der Waals surface area contributed by atoms with Crippen LogP contribution in [0.2, 0.25) is 0 Å². The maximum Gasteiger partial charge on any atom is 0.255 e. The van der Waals surface area contributed by atoms with Crippen molar-refractivity contribution >= 4 is 40.2 Å². The summed E-state index contributed by atoms with van der Waals surface area (Å²) in [6, 6.07) is 20.9. The number of carbonyl (C=O) groups is 2. The maximum atomic E-state index is 13.2. The topological polar surface area (TPSA) is 117 Å². The number of fused-ring (bicyclic) bond motifs is 1. The Morgan fingerprint density at radius 1 is 0.889 bits per heavy atom. The summed E-state index contributed by atoms with van der Waals surface area (Å²) in [4.78, 5) is 42.3. The highest BCUT2D eigenvalue weighted by molar-refractivity contribution is 6.05. The van der Waals surface area contributed by atoms with Gasteiger partial charge >= 0.3 is 0 Å². The summed E-state index contributed by atoms with van der Waals surface area (Å²) >= 11 is 0. The molecule has 1 aliphatic rings. The minimum Gasteiger partial charge on any atom is -0.338 e. The third-order valence-corrected chi connectivity index (χ3v) is 8.19. The molecule has 1 fully saturated rings. The number of nitrogens with one attached hydrogen (secondary N) is 3. The molecule has 1 saturated heterocycles. The fourth-order valence-corrected chi connectivity index (χ4v) is 5.43. The molecule has 45 heavy (non-hydrogen) atoms. The zero-order chi connectivity index (χ0) is 31.7. The predicted molar refractivity (Wildman–Crippen MR) is 178 cm³/mol. The molecule has 0 saturated carbocycles. The van der Waals surface area contributed by atoms with Gasteiger partial charge in [0.05, 0.1) is 6.33 Å². The highest BCUT2D eigenvalue weighted by Crippen LogP contribution is 2.31. The maximum absolute atomic E-state index is 13.2. The van der Waals surface area contributed by atoms with Gasteiger partial charge in [0, 0.05) is 61.3 Å². The highest BCUT2D eigenvalue weighted by Gasteiger charge is 2.20. The summed E-state index contributed by atoms with van der Waals surface area (Å²) in [5, 5.41) is 9.73. The van der Waals surface area contributed by atoms with Crippen molar-refractivity contribution in [1.29, 1.82) is 0 Å². The van der Waals surface area contributed by atoms with Crippen molar-refractivity contribution in [2.75, 3.05) is 36.8 Å². The molecule has 0 radical (unpaired) electrons. The van der Waals surface area contributed by atoms with E-state index in [4.69, 9.17) is 9.97 Å². The molecule has 0 bridgehead atoms. The molecular formula is C35H38N8O2. The van der Waals surface area contributed by atoms with Gasteiger partial charge in [-0.15, -0.1) is 0 Å². The second kappa shape index (κ2) is 12.1. The molecule has 10 nitrogen and oxygen atoms in total. The van der Waals surface area contributed by atoms with Crippen LogP contribution in [-0.4, -0.2) is 62.4 Å². The van der Waals surface area contributed by atoms with Crippen molar-refractivity contribution in [3.8, 4) is 11.4 Å². The fourth-order valence-electron chi connectivity index (χ4n) is 5.43. The molecule has 230 valence electrons. The van der Waals surface area contributed by atoms with Crippen molar-refractivity contribution in [3.63, 3.8) is 0 Å². The van der Waals surface area contributed by atoms with Crippen molar-refractivity contribution in [3.05, 3.63) is 95.3 Å². The molecule has 2 amide bonds. The van der Waals surface area contributed by atoms with Gasteiger partial charge < -0.3 is 25.4 Å². The zero-order valence-electron chi connectivity index (χ0n) is 26.3. The lowest BCUT2D eigenvalue weighted by molar-refractivity contribution is 0.0735. The number of nitrogens with zero attached hydrogens (tertiary/aromatic N) is 5. The lowest BCUT2D eigenvalue weighted by Gasteiger charge is -2.27. The first-order valence-corrected chi connectivity index (χ1v) is 15.2. The van der Waals surface area contributed by atoms with E-state index in [0.717, 1.165) is 29.9 Å². The van der Waals surface area contributed by atoms with Crippen molar-refractivity contribution in [2.45, 2.75) is 33.1 Å². The third kappa shape index (κ3) is 6.28. The molecule has 10 heteroatoms. The number of aryl methyl sites for hydroxylation is 1. The van der Waals surface area contributed by atoms with Gasteiger partial charge in [0.2, 0.25) is 0 Å². The van der Waals surface area contributed by atoms with Crippen LogP contribution in [0.1, 0.15) is 52.6 Å². The molecule has 1 aliphatic heterocycles. The Hall–Kier alpha value is -5.09. The van der Waals surface area contributed by atoms with Gasteiger partial charge in [-0.2, -0.15) is 0 Å². The van der Waals surface area contributed by atoms with Crippen molar-refractivity contribution in [1.82, 2.24) is 29.7 Å². The van der Waals surface area contributed by atoms with Crippen LogP contribution in [0.4, 0.5) is 17.2 Å². The molecule has 5 aromatic rings. The molecule has 2 aromatic heterocycles. The molecule has 3 aromatic carbocycles. The van der Waals surface area contributed by atoms with Gasteiger partial charge in [-0.1, -0.05) is 45.0 Å². The Morgan fingerprint density at radius 2 is 1.58 bits per heavy atom. The average molecular weight is 603 g/mol. The van der Waals surface area contributed by atoms with E-state index in [9.17, 15) is 9.59 Å². The lowest BCUT2D eigenvalue weighted by Crippen LogP contribution is -2.46. The lowest BCUT2D eigenvalue weighted by atomic mass is 9.86. The smallest absolute Gasteiger partial charge is 0.255 e. The molecule has 3 N–H and O–H groups in total.